The fraction of sp³-hybridized carbons (Fsp3) is 0.269. The number of hydrogen-bond acceptors (Lipinski definition) is 3. The SMILES string of the molecule is C[C@@H](CCc1ccccc1)NS(=O)(=O)c1ccc2c(c1)CCCN2C(=O)c1cccc(Cl)c1. The highest BCUT2D eigenvalue weighted by molar-refractivity contribution is 7.89. The van der Waals surface area contributed by atoms with E-state index in [-0.39, 0.29) is 16.8 Å². The van der Waals surface area contributed by atoms with Crippen molar-refractivity contribution in [3.63, 3.8) is 0 Å². The molecule has 1 amide bonds. The smallest absolute Gasteiger partial charge is 0.258 e. The van der Waals surface area contributed by atoms with Crippen molar-refractivity contribution < 1.29 is 13.2 Å². The molecule has 0 aromatic heterocycles. The van der Waals surface area contributed by atoms with Gasteiger partial charge in [0.05, 0.1) is 4.90 Å². The Kier molecular flexibility index (Phi) is 7.17. The van der Waals surface area contributed by atoms with Crippen molar-refractivity contribution in [1.82, 2.24) is 4.72 Å². The van der Waals surface area contributed by atoms with Crippen LogP contribution in [0.5, 0.6) is 0 Å². The molecule has 0 spiro atoms. The van der Waals surface area contributed by atoms with Gasteiger partial charge >= 0.3 is 0 Å². The summed E-state index contributed by atoms with van der Waals surface area (Å²) in [6.45, 7) is 2.46. The van der Waals surface area contributed by atoms with Crippen molar-refractivity contribution in [2.24, 2.45) is 0 Å². The van der Waals surface area contributed by atoms with E-state index in [0.717, 1.165) is 30.5 Å². The molecule has 1 atom stereocenters. The van der Waals surface area contributed by atoms with E-state index in [0.29, 0.717) is 23.6 Å². The second-order valence-electron chi connectivity index (χ2n) is 8.41. The maximum absolute atomic E-state index is 13.1. The van der Waals surface area contributed by atoms with Crippen molar-refractivity contribution in [3.8, 4) is 0 Å². The molecule has 172 valence electrons. The summed E-state index contributed by atoms with van der Waals surface area (Å²) in [5.41, 5.74) is 3.31. The van der Waals surface area contributed by atoms with Gasteiger partial charge in [0.1, 0.15) is 0 Å². The molecular weight excluding hydrogens is 456 g/mol. The van der Waals surface area contributed by atoms with E-state index in [1.165, 1.54) is 5.56 Å². The molecular formula is C26H27ClN2O3S. The first-order chi connectivity index (χ1) is 15.8. The van der Waals surface area contributed by atoms with Gasteiger partial charge < -0.3 is 4.90 Å². The van der Waals surface area contributed by atoms with Gasteiger partial charge in [0.25, 0.3) is 5.91 Å². The van der Waals surface area contributed by atoms with E-state index >= 15 is 0 Å². The van der Waals surface area contributed by atoms with E-state index in [1.807, 2.05) is 37.3 Å². The Balaban J connectivity index is 1.49. The lowest BCUT2D eigenvalue weighted by Gasteiger charge is -2.30. The van der Waals surface area contributed by atoms with Gasteiger partial charge in [-0.2, -0.15) is 0 Å². The van der Waals surface area contributed by atoms with Crippen LogP contribution in [0.3, 0.4) is 0 Å². The van der Waals surface area contributed by atoms with E-state index < -0.39 is 10.0 Å². The number of rotatable bonds is 7. The van der Waals surface area contributed by atoms with Crippen LogP contribution in [0.1, 0.15) is 41.3 Å². The Morgan fingerprint density at radius 1 is 1.06 bits per heavy atom. The number of anilines is 1. The lowest BCUT2D eigenvalue weighted by atomic mass is 10.0. The third-order valence-electron chi connectivity index (χ3n) is 5.86. The fourth-order valence-corrected chi connectivity index (χ4v) is 5.67. The third kappa shape index (κ3) is 5.64. The number of benzene rings is 3. The first kappa shape index (κ1) is 23.5. The summed E-state index contributed by atoms with van der Waals surface area (Å²) in [5.74, 6) is -0.137. The molecule has 0 radical (unpaired) electrons. The number of nitrogens with zero attached hydrogens (tertiary/aromatic N) is 1. The van der Waals surface area contributed by atoms with Crippen LogP contribution in [0, 0.1) is 0 Å². The molecule has 3 aromatic carbocycles. The Labute approximate surface area is 200 Å². The van der Waals surface area contributed by atoms with Gasteiger partial charge in [0, 0.05) is 28.9 Å². The minimum atomic E-state index is -3.66. The first-order valence-electron chi connectivity index (χ1n) is 11.1. The van der Waals surface area contributed by atoms with Crippen LogP contribution >= 0.6 is 11.6 Å². The number of carbonyl (C=O) groups is 1. The van der Waals surface area contributed by atoms with Crippen LogP contribution in [-0.4, -0.2) is 26.9 Å². The van der Waals surface area contributed by atoms with Crippen molar-refractivity contribution in [3.05, 3.63) is 94.5 Å². The number of amides is 1. The molecule has 5 nitrogen and oxygen atoms in total. The average molecular weight is 483 g/mol. The number of sulfonamides is 1. The second-order valence-corrected chi connectivity index (χ2v) is 10.6. The third-order valence-corrected chi connectivity index (χ3v) is 7.68. The maximum atomic E-state index is 13.1. The molecule has 1 aliphatic rings. The zero-order valence-corrected chi connectivity index (χ0v) is 20.1. The Morgan fingerprint density at radius 2 is 1.85 bits per heavy atom. The van der Waals surface area contributed by atoms with E-state index in [9.17, 15) is 13.2 Å². The molecule has 0 saturated carbocycles. The quantitative estimate of drug-likeness (QED) is 0.501. The van der Waals surface area contributed by atoms with E-state index in [4.69, 9.17) is 11.6 Å². The van der Waals surface area contributed by atoms with Crippen molar-refractivity contribution in [2.75, 3.05) is 11.4 Å². The molecule has 0 fully saturated rings. The number of carbonyl (C=O) groups excluding carboxylic acids is 1. The van der Waals surface area contributed by atoms with Crippen LogP contribution in [-0.2, 0) is 22.9 Å². The zero-order valence-electron chi connectivity index (χ0n) is 18.5. The van der Waals surface area contributed by atoms with Crippen LogP contribution in [0.15, 0.2) is 77.7 Å². The molecule has 0 aliphatic carbocycles. The molecule has 1 heterocycles. The van der Waals surface area contributed by atoms with Crippen molar-refractivity contribution in [1.29, 1.82) is 0 Å². The number of nitrogens with one attached hydrogen (secondary N) is 1. The molecule has 0 saturated heterocycles. The first-order valence-corrected chi connectivity index (χ1v) is 13.0. The lowest BCUT2D eigenvalue weighted by molar-refractivity contribution is 0.0985. The van der Waals surface area contributed by atoms with Crippen molar-refractivity contribution in [2.45, 2.75) is 43.5 Å². The van der Waals surface area contributed by atoms with Crippen LogP contribution in [0.25, 0.3) is 0 Å². The molecule has 1 N–H and O–H groups in total. The Bertz CT molecular complexity index is 1250. The highest BCUT2D eigenvalue weighted by Gasteiger charge is 2.26. The Morgan fingerprint density at radius 3 is 2.61 bits per heavy atom. The van der Waals surface area contributed by atoms with Crippen LogP contribution < -0.4 is 9.62 Å². The van der Waals surface area contributed by atoms with Gasteiger partial charge in [-0.3, -0.25) is 4.79 Å². The molecule has 0 unspecified atom stereocenters. The summed E-state index contributed by atoms with van der Waals surface area (Å²) in [4.78, 5) is 15.0. The van der Waals surface area contributed by atoms with Gasteiger partial charge in [-0.15, -0.1) is 0 Å². The molecule has 7 heteroatoms. The monoisotopic (exact) mass is 482 g/mol. The minimum Gasteiger partial charge on any atom is -0.308 e. The zero-order chi connectivity index (χ0) is 23.4. The number of halogens is 1. The highest BCUT2D eigenvalue weighted by Crippen LogP contribution is 2.31. The number of fused-ring (bicyclic) bond motifs is 1. The second kappa shape index (κ2) is 10.1. The van der Waals surface area contributed by atoms with Gasteiger partial charge in [0.2, 0.25) is 10.0 Å². The highest BCUT2D eigenvalue weighted by atomic mass is 35.5. The van der Waals surface area contributed by atoms with Crippen LogP contribution in [0.2, 0.25) is 5.02 Å². The largest absolute Gasteiger partial charge is 0.308 e. The fourth-order valence-electron chi connectivity index (χ4n) is 4.15. The van der Waals surface area contributed by atoms with Gasteiger partial charge in [-0.05, 0) is 80.1 Å². The standard InChI is InChI=1S/C26H27ClN2O3S/c1-19(12-13-20-7-3-2-4-8-20)28-33(31,32)24-14-15-25-21(18-24)10-6-16-29(25)26(30)22-9-5-11-23(27)17-22/h2-5,7-9,11,14-15,17-19,28H,6,10,12-13,16H2,1H3/t19-/m0/s1. The molecule has 3 aromatic rings. The summed E-state index contributed by atoms with van der Waals surface area (Å²) in [6.07, 6.45) is 3.00. The molecule has 33 heavy (non-hydrogen) atoms. The van der Waals surface area contributed by atoms with Crippen LogP contribution in [0.4, 0.5) is 5.69 Å². The average Bonchev–Trinajstić information content (AvgIpc) is 2.82. The predicted octanol–water partition coefficient (Wildman–Crippen LogP) is 5.23. The van der Waals surface area contributed by atoms with Gasteiger partial charge in [-0.25, -0.2) is 13.1 Å². The van der Waals surface area contributed by atoms with Crippen molar-refractivity contribution >= 4 is 33.2 Å². The molecule has 0 bridgehead atoms. The molecule has 1 aliphatic heterocycles. The van der Waals surface area contributed by atoms with E-state index in [2.05, 4.69) is 4.72 Å². The predicted molar refractivity (Wildman–Crippen MR) is 132 cm³/mol. The maximum Gasteiger partial charge on any atom is 0.258 e. The summed E-state index contributed by atoms with van der Waals surface area (Å²) in [7, 11) is -3.66. The topological polar surface area (TPSA) is 66.5 Å². The Hall–Kier alpha value is -2.67. The van der Waals surface area contributed by atoms with Gasteiger partial charge in [0.15, 0.2) is 0 Å². The minimum absolute atomic E-state index is 0.137. The number of aryl methyl sites for hydroxylation is 2. The summed E-state index contributed by atoms with van der Waals surface area (Å²) >= 11 is 6.05. The summed E-state index contributed by atoms with van der Waals surface area (Å²) in [5, 5.41) is 0.506. The number of hydrogen-bond donors (Lipinski definition) is 1. The summed E-state index contributed by atoms with van der Waals surface area (Å²) < 4.78 is 28.8. The lowest BCUT2D eigenvalue weighted by Crippen LogP contribution is -2.36. The van der Waals surface area contributed by atoms with E-state index in [1.54, 1.807) is 47.4 Å². The summed E-state index contributed by atoms with van der Waals surface area (Å²) in [6, 6.07) is 21.7. The normalized spacial score (nSPS) is 14.5. The molecule has 4 rings (SSSR count). The van der Waals surface area contributed by atoms with Gasteiger partial charge in [-0.1, -0.05) is 48.0 Å².